The molecule has 3 N–H and O–H groups in total. The Morgan fingerprint density at radius 1 is 1.44 bits per heavy atom. The van der Waals surface area contributed by atoms with Crippen molar-refractivity contribution < 1.29 is 14.3 Å². The number of nitrogens with one attached hydrogen (secondary N) is 1. The largest absolute Gasteiger partial charge is 0.492 e. The zero-order valence-electron chi connectivity index (χ0n) is 10.2. The van der Waals surface area contributed by atoms with E-state index in [1.165, 1.54) is 7.11 Å². The zero-order chi connectivity index (χ0) is 13.4. The van der Waals surface area contributed by atoms with Gasteiger partial charge in [-0.1, -0.05) is 15.9 Å². The zero-order valence-corrected chi connectivity index (χ0v) is 11.8. The third-order valence-electron chi connectivity index (χ3n) is 2.17. The molecule has 1 unspecified atom stereocenters. The highest BCUT2D eigenvalue weighted by Crippen LogP contribution is 2.15. The Morgan fingerprint density at radius 3 is 2.72 bits per heavy atom. The molecule has 18 heavy (non-hydrogen) atoms. The first-order chi connectivity index (χ1) is 8.63. The number of benzene rings is 1. The second-order valence-corrected chi connectivity index (χ2v) is 4.57. The van der Waals surface area contributed by atoms with Gasteiger partial charge in [0.1, 0.15) is 18.4 Å². The minimum absolute atomic E-state index is 0.208. The number of carbonyl (C=O) groups is 1. The van der Waals surface area contributed by atoms with Crippen molar-refractivity contribution >= 4 is 21.8 Å². The molecule has 0 bridgehead atoms. The maximum Gasteiger partial charge on any atom is 0.239 e. The second-order valence-electron chi connectivity index (χ2n) is 3.66. The summed E-state index contributed by atoms with van der Waals surface area (Å²) in [7, 11) is 1.50. The fraction of sp³-hybridized carbons (Fsp3) is 0.417. The molecule has 0 spiro atoms. The molecule has 0 aromatic heterocycles. The molecule has 1 atom stereocenters. The van der Waals surface area contributed by atoms with Crippen LogP contribution in [-0.4, -0.2) is 38.8 Å². The van der Waals surface area contributed by atoms with Gasteiger partial charge in [0, 0.05) is 11.6 Å². The van der Waals surface area contributed by atoms with E-state index in [4.69, 9.17) is 15.2 Å². The average molecular weight is 317 g/mol. The van der Waals surface area contributed by atoms with Crippen molar-refractivity contribution in [3.8, 4) is 5.75 Å². The smallest absolute Gasteiger partial charge is 0.239 e. The maximum atomic E-state index is 11.4. The van der Waals surface area contributed by atoms with E-state index in [-0.39, 0.29) is 12.5 Å². The van der Waals surface area contributed by atoms with Crippen molar-refractivity contribution in [2.75, 3.05) is 26.9 Å². The molecule has 1 rings (SSSR count). The molecule has 6 heteroatoms. The molecular formula is C12H17BrN2O3. The lowest BCUT2D eigenvalue weighted by Gasteiger charge is -2.11. The maximum absolute atomic E-state index is 11.4. The minimum Gasteiger partial charge on any atom is -0.492 e. The molecule has 5 nitrogen and oxygen atoms in total. The summed E-state index contributed by atoms with van der Waals surface area (Å²) in [5.41, 5.74) is 5.55. The van der Waals surface area contributed by atoms with Crippen LogP contribution in [0.4, 0.5) is 0 Å². The number of carbonyl (C=O) groups excluding carboxylic acids is 1. The number of hydrogen-bond donors (Lipinski definition) is 2. The molecule has 0 aliphatic heterocycles. The summed E-state index contributed by atoms with van der Waals surface area (Å²) in [6.45, 7) is 1.01. The third kappa shape index (κ3) is 5.48. The van der Waals surface area contributed by atoms with E-state index >= 15 is 0 Å². The van der Waals surface area contributed by atoms with Gasteiger partial charge in [0.25, 0.3) is 0 Å². The van der Waals surface area contributed by atoms with Crippen LogP contribution in [0.3, 0.4) is 0 Å². The fourth-order valence-electron chi connectivity index (χ4n) is 1.26. The molecule has 0 heterocycles. The standard InChI is InChI=1S/C12H17BrN2O3/c1-17-8-11(14)12(16)15-6-7-18-10-4-2-9(13)3-5-10/h2-5,11H,6-8,14H2,1H3,(H,15,16). The molecule has 1 aromatic rings. The van der Waals surface area contributed by atoms with E-state index in [0.29, 0.717) is 13.2 Å². The van der Waals surface area contributed by atoms with Crippen LogP contribution >= 0.6 is 15.9 Å². The first-order valence-electron chi connectivity index (χ1n) is 5.54. The van der Waals surface area contributed by atoms with Crippen LogP contribution in [-0.2, 0) is 9.53 Å². The first kappa shape index (κ1) is 14.9. The van der Waals surface area contributed by atoms with Crippen molar-refractivity contribution in [2.24, 2.45) is 5.73 Å². The molecule has 0 radical (unpaired) electrons. The van der Waals surface area contributed by atoms with Gasteiger partial charge in [0.05, 0.1) is 13.2 Å². The number of halogens is 1. The highest BCUT2D eigenvalue weighted by molar-refractivity contribution is 9.10. The summed E-state index contributed by atoms with van der Waals surface area (Å²) in [5, 5.41) is 2.67. The van der Waals surface area contributed by atoms with E-state index < -0.39 is 6.04 Å². The molecule has 0 fully saturated rings. The molecule has 0 aliphatic rings. The topological polar surface area (TPSA) is 73.6 Å². The van der Waals surface area contributed by atoms with Gasteiger partial charge in [-0.05, 0) is 24.3 Å². The molecule has 0 aliphatic carbocycles. The molecule has 0 saturated carbocycles. The SMILES string of the molecule is COCC(N)C(=O)NCCOc1ccc(Br)cc1. The predicted octanol–water partition coefficient (Wildman–Crippen LogP) is 0.918. The summed E-state index contributed by atoms with van der Waals surface area (Å²) in [4.78, 5) is 11.4. The van der Waals surface area contributed by atoms with Crippen molar-refractivity contribution in [3.63, 3.8) is 0 Å². The van der Waals surface area contributed by atoms with E-state index in [0.717, 1.165) is 10.2 Å². The lowest BCUT2D eigenvalue weighted by Crippen LogP contribution is -2.44. The Balaban J connectivity index is 2.18. The summed E-state index contributed by atoms with van der Waals surface area (Å²) in [6, 6.07) is 6.85. The fourth-order valence-corrected chi connectivity index (χ4v) is 1.52. The van der Waals surface area contributed by atoms with Crippen molar-refractivity contribution in [3.05, 3.63) is 28.7 Å². The summed E-state index contributed by atoms with van der Waals surface area (Å²) < 4.78 is 11.2. The quantitative estimate of drug-likeness (QED) is 0.734. The Bertz CT molecular complexity index is 370. The van der Waals surface area contributed by atoms with E-state index in [1.807, 2.05) is 24.3 Å². The van der Waals surface area contributed by atoms with Gasteiger partial charge in [-0.2, -0.15) is 0 Å². The molecule has 1 amide bonds. The second kappa shape index (κ2) is 8.07. The molecule has 100 valence electrons. The highest BCUT2D eigenvalue weighted by Gasteiger charge is 2.11. The number of rotatable bonds is 7. The minimum atomic E-state index is -0.636. The number of hydrogen-bond acceptors (Lipinski definition) is 4. The Hall–Kier alpha value is -1.11. The summed E-state index contributed by atoms with van der Waals surface area (Å²) in [5.74, 6) is 0.518. The normalized spacial score (nSPS) is 11.9. The lowest BCUT2D eigenvalue weighted by molar-refractivity contribution is -0.123. The van der Waals surface area contributed by atoms with Crippen molar-refractivity contribution in [1.29, 1.82) is 0 Å². The van der Waals surface area contributed by atoms with Crippen LogP contribution in [0.25, 0.3) is 0 Å². The van der Waals surface area contributed by atoms with Crippen LogP contribution in [0, 0.1) is 0 Å². The van der Waals surface area contributed by atoms with Gasteiger partial charge in [-0.15, -0.1) is 0 Å². The van der Waals surface area contributed by atoms with Crippen LogP contribution in [0.5, 0.6) is 5.75 Å². The summed E-state index contributed by atoms with van der Waals surface area (Å²) in [6.07, 6.45) is 0. The number of amides is 1. The summed E-state index contributed by atoms with van der Waals surface area (Å²) >= 11 is 3.34. The monoisotopic (exact) mass is 316 g/mol. The lowest BCUT2D eigenvalue weighted by atomic mass is 10.3. The van der Waals surface area contributed by atoms with Crippen LogP contribution < -0.4 is 15.8 Å². The first-order valence-corrected chi connectivity index (χ1v) is 6.33. The van der Waals surface area contributed by atoms with Gasteiger partial charge >= 0.3 is 0 Å². The van der Waals surface area contributed by atoms with E-state index in [2.05, 4.69) is 21.2 Å². The van der Waals surface area contributed by atoms with Crippen LogP contribution in [0.2, 0.25) is 0 Å². The average Bonchev–Trinajstić information content (AvgIpc) is 2.36. The number of methoxy groups -OCH3 is 1. The van der Waals surface area contributed by atoms with Crippen molar-refractivity contribution in [2.45, 2.75) is 6.04 Å². The Morgan fingerprint density at radius 2 is 2.11 bits per heavy atom. The predicted molar refractivity (Wildman–Crippen MR) is 72.5 cm³/mol. The van der Waals surface area contributed by atoms with E-state index in [9.17, 15) is 4.79 Å². The third-order valence-corrected chi connectivity index (χ3v) is 2.70. The Labute approximate surface area is 115 Å². The Kier molecular flexibility index (Phi) is 6.70. The van der Waals surface area contributed by atoms with E-state index in [1.54, 1.807) is 0 Å². The van der Waals surface area contributed by atoms with Crippen molar-refractivity contribution in [1.82, 2.24) is 5.32 Å². The number of ether oxygens (including phenoxy) is 2. The van der Waals surface area contributed by atoms with Gasteiger partial charge in [-0.25, -0.2) is 0 Å². The molecule has 0 saturated heterocycles. The molecule has 1 aromatic carbocycles. The van der Waals surface area contributed by atoms with Gasteiger partial charge in [0.2, 0.25) is 5.91 Å². The van der Waals surface area contributed by atoms with Gasteiger partial charge < -0.3 is 20.5 Å². The highest BCUT2D eigenvalue weighted by atomic mass is 79.9. The van der Waals surface area contributed by atoms with Crippen LogP contribution in [0.1, 0.15) is 0 Å². The van der Waals surface area contributed by atoms with Crippen LogP contribution in [0.15, 0.2) is 28.7 Å². The molecular weight excluding hydrogens is 300 g/mol. The number of nitrogens with two attached hydrogens (primary N) is 1. The van der Waals surface area contributed by atoms with Gasteiger partial charge in [-0.3, -0.25) is 4.79 Å². The van der Waals surface area contributed by atoms with Gasteiger partial charge in [0.15, 0.2) is 0 Å².